The van der Waals surface area contributed by atoms with Gasteiger partial charge >= 0.3 is 0 Å². The Morgan fingerprint density at radius 3 is 2.78 bits per heavy atom. The predicted octanol–water partition coefficient (Wildman–Crippen LogP) is 1.79. The van der Waals surface area contributed by atoms with E-state index in [0.29, 0.717) is 17.7 Å². The average Bonchev–Trinajstić information content (AvgIpc) is 3.29. The summed E-state index contributed by atoms with van der Waals surface area (Å²) in [6.07, 6.45) is 9.35. The summed E-state index contributed by atoms with van der Waals surface area (Å²) in [5, 5.41) is 14.6. The molecule has 2 saturated carbocycles. The van der Waals surface area contributed by atoms with E-state index in [0.717, 1.165) is 44.3 Å². The number of amides is 1. The second-order valence-electron chi connectivity index (χ2n) is 7.21. The van der Waals surface area contributed by atoms with E-state index in [-0.39, 0.29) is 18.3 Å². The molecular weight excluding hydrogens is 314 g/mol. The number of aromatic nitrogens is 3. The van der Waals surface area contributed by atoms with Gasteiger partial charge in [0.15, 0.2) is 5.69 Å². The minimum Gasteiger partial charge on any atom is -0.350 e. The molecule has 128 valence electrons. The third-order valence-corrected chi connectivity index (χ3v) is 5.84. The monoisotopic (exact) mass is 339 g/mol. The van der Waals surface area contributed by atoms with E-state index in [2.05, 4.69) is 20.9 Å². The Hall–Kier alpha value is -1.14. The summed E-state index contributed by atoms with van der Waals surface area (Å²) in [6, 6.07) is 0.376. The zero-order chi connectivity index (χ0) is 14.9. The zero-order valence-electron chi connectivity index (χ0n) is 13.4. The molecular formula is C16H26ClN5O. The second kappa shape index (κ2) is 7.18. The molecule has 1 aliphatic heterocycles. The highest BCUT2D eigenvalue weighted by Gasteiger charge is 2.39. The van der Waals surface area contributed by atoms with Gasteiger partial charge in [-0.1, -0.05) is 11.6 Å². The molecule has 1 aromatic rings. The highest BCUT2D eigenvalue weighted by molar-refractivity contribution is 5.91. The number of hydrogen-bond donors (Lipinski definition) is 2. The van der Waals surface area contributed by atoms with Gasteiger partial charge in [0.05, 0.1) is 12.2 Å². The first kappa shape index (κ1) is 16.7. The lowest BCUT2D eigenvalue weighted by Crippen LogP contribution is -2.32. The smallest absolute Gasteiger partial charge is 0.273 e. The molecule has 0 spiro atoms. The van der Waals surface area contributed by atoms with Gasteiger partial charge in [0.25, 0.3) is 5.91 Å². The number of carbonyl (C=O) groups is 1. The van der Waals surface area contributed by atoms with Crippen LogP contribution in [-0.2, 0) is 0 Å². The van der Waals surface area contributed by atoms with Crippen LogP contribution in [0.1, 0.15) is 55.1 Å². The Morgan fingerprint density at radius 1 is 1.26 bits per heavy atom. The van der Waals surface area contributed by atoms with E-state index in [9.17, 15) is 4.79 Å². The molecule has 3 fully saturated rings. The van der Waals surface area contributed by atoms with E-state index >= 15 is 0 Å². The molecule has 2 bridgehead atoms. The summed E-state index contributed by atoms with van der Waals surface area (Å²) < 4.78 is 1.87. The van der Waals surface area contributed by atoms with E-state index in [1.807, 2.05) is 10.9 Å². The van der Waals surface area contributed by atoms with E-state index in [4.69, 9.17) is 0 Å². The van der Waals surface area contributed by atoms with Crippen LogP contribution in [0.5, 0.6) is 0 Å². The number of rotatable bonds is 4. The van der Waals surface area contributed by atoms with Gasteiger partial charge in [0, 0.05) is 6.54 Å². The van der Waals surface area contributed by atoms with E-state index in [1.165, 1.54) is 25.7 Å². The molecule has 2 aliphatic carbocycles. The van der Waals surface area contributed by atoms with Crippen molar-refractivity contribution < 1.29 is 4.79 Å². The molecule has 23 heavy (non-hydrogen) atoms. The largest absolute Gasteiger partial charge is 0.350 e. The van der Waals surface area contributed by atoms with Crippen molar-refractivity contribution in [2.45, 2.75) is 44.6 Å². The Morgan fingerprint density at radius 2 is 2.09 bits per heavy atom. The molecule has 3 atom stereocenters. The maximum Gasteiger partial charge on any atom is 0.273 e. The minimum absolute atomic E-state index is 0. The number of hydrogen-bond acceptors (Lipinski definition) is 4. The molecule has 2 N–H and O–H groups in total. The number of carbonyl (C=O) groups excluding carboxylic acids is 1. The minimum atomic E-state index is -0.0667. The van der Waals surface area contributed by atoms with Crippen molar-refractivity contribution in [1.82, 2.24) is 25.6 Å². The molecule has 6 nitrogen and oxygen atoms in total. The number of nitrogens with one attached hydrogen (secondary N) is 2. The van der Waals surface area contributed by atoms with Gasteiger partial charge in [-0.25, -0.2) is 4.68 Å². The summed E-state index contributed by atoms with van der Waals surface area (Å²) in [5.41, 5.74) is 0.460. The summed E-state index contributed by atoms with van der Waals surface area (Å²) in [4.78, 5) is 12.3. The van der Waals surface area contributed by atoms with Crippen LogP contribution >= 0.6 is 12.4 Å². The van der Waals surface area contributed by atoms with Crippen molar-refractivity contribution in [1.29, 1.82) is 0 Å². The lowest BCUT2D eigenvalue weighted by molar-refractivity contribution is 0.0936. The van der Waals surface area contributed by atoms with Gasteiger partial charge < -0.3 is 10.6 Å². The normalized spacial score (nSPS) is 30.2. The molecule has 2 heterocycles. The standard InChI is InChI=1S/C16H25N5O.ClH/c22-16(18-9-13-8-11-1-2-12(13)7-11)15-10-21(20-19-15)14-3-5-17-6-4-14;/h10-14,17H,1-9H2,(H,18,22);1H. The number of piperidine rings is 1. The lowest BCUT2D eigenvalue weighted by Gasteiger charge is -2.22. The van der Waals surface area contributed by atoms with Gasteiger partial charge in [-0.2, -0.15) is 0 Å². The third kappa shape index (κ3) is 3.53. The topological polar surface area (TPSA) is 71.8 Å². The first-order valence-electron chi connectivity index (χ1n) is 8.70. The molecule has 4 rings (SSSR count). The van der Waals surface area contributed by atoms with Gasteiger partial charge in [-0.05, 0) is 62.9 Å². The molecule has 3 unspecified atom stereocenters. The number of nitrogens with zero attached hydrogens (tertiary/aromatic N) is 3. The molecule has 1 saturated heterocycles. The maximum absolute atomic E-state index is 12.3. The first-order valence-corrected chi connectivity index (χ1v) is 8.70. The zero-order valence-corrected chi connectivity index (χ0v) is 14.2. The van der Waals surface area contributed by atoms with Crippen LogP contribution in [0.25, 0.3) is 0 Å². The van der Waals surface area contributed by atoms with Crippen LogP contribution in [0.15, 0.2) is 6.20 Å². The summed E-state index contributed by atoms with van der Waals surface area (Å²) in [7, 11) is 0. The van der Waals surface area contributed by atoms with Gasteiger partial charge in [-0.15, -0.1) is 17.5 Å². The number of fused-ring (bicyclic) bond motifs is 2. The van der Waals surface area contributed by atoms with Crippen LogP contribution < -0.4 is 10.6 Å². The van der Waals surface area contributed by atoms with Crippen molar-refractivity contribution >= 4 is 18.3 Å². The molecule has 1 aromatic heterocycles. The Kier molecular flexibility index (Phi) is 5.21. The first-order chi connectivity index (χ1) is 10.8. The summed E-state index contributed by atoms with van der Waals surface area (Å²) in [5.74, 6) is 2.38. The lowest BCUT2D eigenvalue weighted by atomic mass is 9.89. The van der Waals surface area contributed by atoms with Crippen LogP contribution in [0.3, 0.4) is 0 Å². The van der Waals surface area contributed by atoms with Gasteiger partial charge in [-0.3, -0.25) is 4.79 Å². The molecule has 3 aliphatic rings. The maximum atomic E-state index is 12.3. The SMILES string of the molecule is Cl.O=C(NCC1CC2CCC1C2)c1cn(C2CCNCC2)nn1. The van der Waals surface area contributed by atoms with Gasteiger partial charge in [0.1, 0.15) is 0 Å². The molecule has 1 amide bonds. The number of halogens is 1. The second-order valence-corrected chi connectivity index (χ2v) is 7.21. The van der Waals surface area contributed by atoms with Crippen molar-refractivity contribution in [3.05, 3.63) is 11.9 Å². The van der Waals surface area contributed by atoms with Crippen molar-refractivity contribution in [3.63, 3.8) is 0 Å². The summed E-state index contributed by atoms with van der Waals surface area (Å²) >= 11 is 0. The van der Waals surface area contributed by atoms with E-state index < -0.39 is 0 Å². The van der Waals surface area contributed by atoms with Crippen molar-refractivity contribution in [2.24, 2.45) is 17.8 Å². The fourth-order valence-corrected chi connectivity index (χ4v) is 4.57. The highest BCUT2D eigenvalue weighted by atomic mass is 35.5. The fourth-order valence-electron chi connectivity index (χ4n) is 4.57. The Balaban J connectivity index is 0.00000156. The van der Waals surface area contributed by atoms with Crippen LogP contribution in [0, 0.1) is 17.8 Å². The average molecular weight is 340 g/mol. The van der Waals surface area contributed by atoms with Crippen molar-refractivity contribution in [3.8, 4) is 0 Å². The van der Waals surface area contributed by atoms with Crippen LogP contribution in [0.4, 0.5) is 0 Å². The predicted molar refractivity (Wildman–Crippen MR) is 89.7 cm³/mol. The van der Waals surface area contributed by atoms with Crippen LogP contribution in [-0.4, -0.2) is 40.5 Å². The van der Waals surface area contributed by atoms with Crippen LogP contribution in [0.2, 0.25) is 0 Å². The molecule has 0 radical (unpaired) electrons. The highest BCUT2D eigenvalue weighted by Crippen LogP contribution is 2.47. The van der Waals surface area contributed by atoms with E-state index in [1.54, 1.807) is 0 Å². The summed E-state index contributed by atoms with van der Waals surface area (Å²) in [6.45, 7) is 2.83. The quantitative estimate of drug-likeness (QED) is 0.877. The van der Waals surface area contributed by atoms with Gasteiger partial charge in [0.2, 0.25) is 0 Å². The Bertz CT molecular complexity index is 542. The van der Waals surface area contributed by atoms with Crippen molar-refractivity contribution in [2.75, 3.05) is 19.6 Å². The third-order valence-electron chi connectivity index (χ3n) is 5.84. The fraction of sp³-hybridized carbons (Fsp3) is 0.812. The molecule has 0 aromatic carbocycles. The Labute approximate surface area is 143 Å². The molecule has 7 heteroatoms.